The van der Waals surface area contributed by atoms with Gasteiger partial charge in [0.05, 0.1) is 25.4 Å². The molecule has 0 radical (unpaired) electrons. The van der Waals surface area contributed by atoms with E-state index in [-0.39, 0.29) is 19.4 Å². The molecule has 1 saturated heterocycles. The van der Waals surface area contributed by atoms with Crippen LogP contribution < -0.4 is 5.32 Å². The summed E-state index contributed by atoms with van der Waals surface area (Å²) < 4.78 is 17.5. The van der Waals surface area contributed by atoms with Crippen molar-refractivity contribution >= 4 is 11.9 Å². The number of carbonyl (C=O) groups excluding carboxylic acids is 2. The van der Waals surface area contributed by atoms with Crippen molar-refractivity contribution < 1.29 is 49.3 Å². The van der Waals surface area contributed by atoms with Crippen LogP contribution in [0, 0.1) is 0 Å². The second-order valence-electron chi connectivity index (χ2n) is 19.3. The molecule has 69 heavy (non-hydrogen) atoms. The van der Waals surface area contributed by atoms with E-state index < -0.39 is 67.4 Å². The molecule has 6 N–H and O–H groups in total. The quantitative estimate of drug-likeness (QED) is 0.0196. The maximum atomic E-state index is 13.3. The summed E-state index contributed by atoms with van der Waals surface area (Å²) in [5.74, 6) is -1.23. The van der Waals surface area contributed by atoms with Gasteiger partial charge in [-0.15, -0.1) is 0 Å². The van der Waals surface area contributed by atoms with Gasteiger partial charge < -0.3 is 45.1 Å². The summed E-state index contributed by atoms with van der Waals surface area (Å²) >= 11 is 0. The van der Waals surface area contributed by atoms with Gasteiger partial charge in [0.15, 0.2) is 12.4 Å². The molecule has 11 nitrogen and oxygen atoms in total. The smallest absolute Gasteiger partial charge is 0.306 e. The Hall–Kier alpha value is -2.64. The van der Waals surface area contributed by atoms with Crippen LogP contribution in [0.4, 0.5) is 0 Å². The van der Waals surface area contributed by atoms with Gasteiger partial charge in [0.25, 0.3) is 0 Å². The summed E-state index contributed by atoms with van der Waals surface area (Å²) in [6, 6.07) is -1.03. The SMILES string of the molecule is CCCC/C=C\CCCCCCC(O)C(=O)NC(COC1OC(CO)C(O)C(O)C1OC(=O)CCCCCC/C=C\C/C=C\C/C=C\CCCCC)C(O)/C=C/CCCCCCCCCCCCC. The minimum absolute atomic E-state index is 0.0957. The van der Waals surface area contributed by atoms with Crippen molar-refractivity contribution in [3.63, 3.8) is 0 Å². The molecule has 0 aliphatic carbocycles. The highest BCUT2D eigenvalue weighted by molar-refractivity contribution is 5.80. The average molecular weight is 974 g/mol. The molecule has 11 heteroatoms. The zero-order chi connectivity index (χ0) is 50.4. The monoisotopic (exact) mass is 974 g/mol. The predicted molar refractivity (Wildman–Crippen MR) is 283 cm³/mol. The Bertz CT molecular complexity index is 1350. The number of nitrogens with one attached hydrogen (secondary N) is 1. The summed E-state index contributed by atoms with van der Waals surface area (Å²) in [4.78, 5) is 26.4. The lowest BCUT2D eigenvalue weighted by molar-refractivity contribution is -0.305. The van der Waals surface area contributed by atoms with Gasteiger partial charge in [-0.3, -0.25) is 9.59 Å². The van der Waals surface area contributed by atoms with Gasteiger partial charge in [-0.1, -0.05) is 204 Å². The van der Waals surface area contributed by atoms with E-state index in [1.54, 1.807) is 6.08 Å². The summed E-state index contributed by atoms with van der Waals surface area (Å²) in [7, 11) is 0. The van der Waals surface area contributed by atoms with Gasteiger partial charge >= 0.3 is 5.97 Å². The number of aliphatic hydroxyl groups excluding tert-OH is 5. The first-order chi connectivity index (χ1) is 33.7. The molecule has 400 valence electrons. The Balaban J connectivity index is 2.76. The Morgan fingerprint density at radius 3 is 1.58 bits per heavy atom. The van der Waals surface area contributed by atoms with Crippen molar-refractivity contribution in [1.29, 1.82) is 0 Å². The number of aliphatic hydroxyl groups is 5. The predicted octanol–water partition coefficient (Wildman–Crippen LogP) is 12.3. The molecule has 1 aliphatic heterocycles. The van der Waals surface area contributed by atoms with Gasteiger partial charge in [0.2, 0.25) is 5.91 Å². The first-order valence-corrected chi connectivity index (χ1v) is 28.1. The Morgan fingerprint density at radius 2 is 1.01 bits per heavy atom. The highest BCUT2D eigenvalue weighted by Crippen LogP contribution is 2.26. The van der Waals surface area contributed by atoms with Crippen LogP contribution in [0.25, 0.3) is 0 Å². The summed E-state index contributed by atoms with van der Waals surface area (Å²) in [6.07, 6.45) is 45.5. The topological polar surface area (TPSA) is 175 Å². The number of hydrogen-bond donors (Lipinski definition) is 6. The molecular weight excluding hydrogens is 871 g/mol. The zero-order valence-corrected chi connectivity index (χ0v) is 43.9. The molecule has 0 spiro atoms. The number of allylic oxidation sites excluding steroid dienone is 9. The molecule has 1 fully saturated rings. The van der Waals surface area contributed by atoms with Crippen molar-refractivity contribution in [2.24, 2.45) is 0 Å². The molecule has 1 aliphatic rings. The standard InChI is InChI=1S/C58H103NO10/c1-4-7-10-13-16-19-22-24-25-26-27-29-31-34-37-40-43-46-53(63)69-56-55(65)54(64)52(47-60)68-58(56)67-48-49(50(61)44-41-38-35-33-30-28-23-20-17-14-11-8-5-2)59-57(66)51(62)45-42-39-36-32-21-18-15-12-9-6-3/h15-16,18-19,24-25,27,29,41,44,49-52,54-56,58,60-62,64-65H,4-14,17,20-23,26,28,30-40,42-43,45-48H2,1-3H3,(H,59,66)/b18-15-,19-16-,25-24-,29-27-,44-41+. The fraction of sp³-hybridized carbons (Fsp3) is 0.793. The Kier molecular flexibility index (Phi) is 43.3. The van der Waals surface area contributed by atoms with E-state index in [4.69, 9.17) is 14.2 Å². The maximum absolute atomic E-state index is 13.3. The number of rotatable bonds is 46. The van der Waals surface area contributed by atoms with Gasteiger partial charge in [-0.05, 0) is 83.5 Å². The normalized spacial score (nSPS) is 20.3. The summed E-state index contributed by atoms with van der Waals surface area (Å²) in [6.45, 7) is 5.68. The highest BCUT2D eigenvalue weighted by Gasteiger charge is 2.47. The van der Waals surface area contributed by atoms with Crippen molar-refractivity contribution in [3.8, 4) is 0 Å². The maximum Gasteiger partial charge on any atom is 0.306 e. The third kappa shape index (κ3) is 35.2. The van der Waals surface area contributed by atoms with E-state index in [1.807, 2.05) is 6.08 Å². The lowest BCUT2D eigenvalue weighted by Crippen LogP contribution is -2.61. The molecule has 1 rings (SSSR count). The lowest BCUT2D eigenvalue weighted by Gasteiger charge is -2.41. The number of carbonyl (C=O) groups is 2. The van der Waals surface area contributed by atoms with Crippen LogP contribution in [0.5, 0.6) is 0 Å². The second-order valence-corrected chi connectivity index (χ2v) is 19.3. The van der Waals surface area contributed by atoms with Crippen LogP contribution in [0.3, 0.4) is 0 Å². The van der Waals surface area contributed by atoms with E-state index >= 15 is 0 Å². The van der Waals surface area contributed by atoms with Crippen LogP contribution in [0.1, 0.15) is 233 Å². The summed E-state index contributed by atoms with van der Waals surface area (Å²) in [5, 5.41) is 56.7. The molecule has 0 aromatic carbocycles. The van der Waals surface area contributed by atoms with Crippen molar-refractivity contribution in [3.05, 3.63) is 60.8 Å². The summed E-state index contributed by atoms with van der Waals surface area (Å²) in [5.41, 5.74) is 0. The van der Waals surface area contributed by atoms with E-state index in [0.717, 1.165) is 96.3 Å². The first-order valence-electron chi connectivity index (χ1n) is 28.1. The Labute approximate surface area is 420 Å². The number of ether oxygens (including phenoxy) is 3. The minimum atomic E-state index is -1.62. The molecule has 8 atom stereocenters. The molecule has 0 aromatic heterocycles. The van der Waals surface area contributed by atoms with Crippen molar-refractivity contribution in [2.45, 2.75) is 282 Å². The molecule has 1 heterocycles. The van der Waals surface area contributed by atoms with E-state index in [9.17, 15) is 35.1 Å². The molecule has 0 saturated carbocycles. The van der Waals surface area contributed by atoms with Gasteiger partial charge in [-0.25, -0.2) is 0 Å². The van der Waals surface area contributed by atoms with Crippen LogP contribution in [0.15, 0.2) is 60.8 Å². The van der Waals surface area contributed by atoms with E-state index in [1.165, 1.54) is 89.9 Å². The second kappa shape index (κ2) is 46.4. The fourth-order valence-electron chi connectivity index (χ4n) is 8.34. The molecule has 1 amide bonds. The third-order valence-electron chi connectivity index (χ3n) is 12.9. The van der Waals surface area contributed by atoms with E-state index in [0.29, 0.717) is 12.8 Å². The molecule has 8 unspecified atom stereocenters. The van der Waals surface area contributed by atoms with Crippen LogP contribution in [-0.4, -0.2) is 99.6 Å². The lowest BCUT2D eigenvalue weighted by atomic mass is 9.99. The van der Waals surface area contributed by atoms with Gasteiger partial charge in [0, 0.05) is 6.42 Å². The average Bonchev–Trinajstić information content (AvgIpc) is 3.34. The zero-order valence-electron chi connectivity index (χ0n) is 43.9. The fourth-order valence-corrected chi connectivity index (χ4v) is 8.34. The third-order valence-corrected chi connectivity index (χ3v) is 12.9. The highest BCUT2D eigenvalue weighted by atomic mass is 16.7. The van der Waals surface area contributed by atoms with Crippen LogP contribution >= 0.6 is 0 Å². The van der Waals surface area contributed by atoms with Crippen LogP contribution in [-0.2, 0) is 23.8 Å². The number of esters is 1. The van der Waals surface area contributed by atoms with E-state index in [2.05, 4.69) is 74.7 Å². The van der Waals surface area contributed by atoms with Crippen molar-refractivity contribution in [1.82, 2.24) is 5.32 Å². The van der Waals surface area contributed by atoms with Crippen molar-refractivity contribution in [2.75, 3.05) is 13.2 Å². The number of amides is 1. The van der Waals surface area contributed by atoms with Gasteiger partial charge in [0.1, 0.15) is 24.4 Å². The Morgan fingerprint density at radius 1 is 0.565 bits per heavy atom. The molecule has 0 aromatic rings. The largest absolute Gasteiger partial charge is 0.454 e. The molecule has 0 bridgehead atoms. The number of unbranched alkanes of at least 4 members (excludes halogenated alkanes) is 24. The minimum Gasteiger partial charge on any atom is -0.454 e. The van der Waals surface area contributed by atoms with Gasteiger partial charge in [-0.2, -0.15) is 0 Å². The first kappa shape index (κ1) is 64.4. The molecular formula is C58H103NO10. The number of hydrogen-bond acceptors (Lipinski definition) is 10. The van der Waals surface area contributed by atoms with Crippen LogP contribution in [0.2, 0.25) is 0 Å².